The molecule has 0 amide bonds. The van der Waals surface area contributed by atoms with Gasteiger partial charge in [0.1, 0.15) is 11.6 Å². The highest BCUT2D eigenvalue weighted by atomic mass is 35.5. The second-order valence-electron chi connectivity index (χ2n) is 4.40. The van der Waals surface area contributed by atoms with Crippen molar-refractivity contribution in [3.05, 3.63) is 59.1 Å². The van der Waals surface area contributed by atoms with Crippen molar-refractivity contribution < 1.29 is 13.9 Å². The molecule has 4 nitrogen and oxygen atoms in total. The summed E-state index contributed by atoms with van der Waals surface area (Å²) in [6.07, 6.45) is 1.65. The van der Waals surface area contributed by atoms with E-state index in [1.807, 2.05) is 0 Å². The number of benzene rings is 1. The second-order valence-corrected chi connectivity index (χ2v) is 4.76. The van der Waals surface area contributed by atoms with Crippen LogP contribution in [0.4, 0.5) is 4.39 Å². The Hall–Kier alpha value is -2.40. The molecule has 0 fully saturated rings. The number of carbonyl (C=O) groups is 1. The SMILES string of the molecule is COC(=O)c1ccn2c(-c3cccc(F)c3)nc(Cl)c2c1. The molecule has 0 radical (unpaired) electrons. The van der Waals surface area contributed by atoms with Gasteiger partial charge in [0.15, 0.2) is 5.15 Å². The lowest BCUT2D eigenvalue weighted by molar-refractivity contribution is 0.0600. The molecule has 0 N–H and O–H groups in total. The molecule has 0 atom stereocenters. The summed E-state index contributed by atoms with van der Waals surface area (Å²) in [4.78, 5) is 15.8. The summed E-state index contributed by atoms with van der Waals surface area (Å²) in [5.41, 5.74) is 1.53. The molecule has 3 aromatic rings. The molecule has 0 unspecified atom stereocenters. The Balaban J connectivity index is 2.20. The minimum absolute atomic E-state index is 0.236. The first-order valence-corrected chi connectivity index (χ1v) is 6.50. The van der Waals surface area contributed by atoms with E-state index in [4.69, 9.17) is 11.6 Å². The zero-order valence-corrected chi connectivity index (χ0v) is 11.8. The van der Waals surface area contributed by atoms with Gasteiger partial charge in [-0.2, -0.15) is 0 Å². The molecular weight excluding hydrogens is 295 g/mol. The van der Waals surface area contributed by atoms with Gasteiger partial charge in [0.25, 0.3) is 0 Å². The van der Waals surface area contributed by atoms with Gasteiger partial charge in [-0.1, -0.05) is 23.7 Å². The minimum Gasteiger partial charge on any atom is -0.465 e. The molecule has 6 heteroatoms. The van der Waals surface area contributed by atoms with E-state index in [0.717, 1.165) is 0 Å². The average Bonchev–Trinajstić information content (AvgIpc) is 2.83. The lowest BCUT2D eigenvalue weighted by Gasteiger charge is -2.03. The standard InChI is InChI=1S/C15H10ClFN2O2/c1-21-15(20)10-5-6-19-12(8-10)13(16)18-14(19)9-3-2-4-11(17)7-9/h2-8H,1H3. The number of aromatic nitrogens is 2. The topological polar surface area (TPSA) is 43.6 Å². The van der Waals surface area contributed by atoms with E-state index in [2.05, 4.69) is 9.72 Å². The van der Waals surface area contributed by atoms with Crippen LogP contribution in [0, 0.1) is 5.82 Å². The van der Waals surface area contributed by atoms with Gasteiger partial charge >= 0.3 is 5.97 Å². The summed E-state index contributed by atoms with van der Waals surface area (Å²) in [6, 6.07) is 9.25. The lowest BCUT2D eigenvalue weighted by Crippen LogP contribution is -2.02. The van der Waals surface area contributed by atoms with E-state index in [-0.39, 0.29) is 11.0 Å². The molecular formula is C15H10ClFN2O2. The molecule has 1 aromatic carbocycles. The van der Waals surface area contributed by atoms with E-state index in [9.17, 15) is 9.18 Å². The maximum atomic E-state index is 13.3. The first-order chi connectivity index (χ1) is 10.1. The van der Waals surface area contributed by atoms with Crippen LogP contribution in [0.15, 0.2) is 42.6 Å². The summed E-state index contributed by atoms with van der Waals surface area (Å²) < 4.78 is 19.7. The number of methoxy groups -OCH3 is 1. The molecule has 2 heterocycles. The Bertz CT molecular complexity index is 845. The van der Waals surface area contributed by atoms with E-state index in [1.54, 1.807) is 34.9 Å². The third-order valence-corrected chi connectivity index (χ3v) is 3.38. The number of imidazole rings is 1. The van der Waals surface area contributed by atoms with Gasteiger partial charge in [-0.3, -0.25) is 4.40 Å². The van der Waals surface area contributed by atoms with Crippen LogP contribution in [-0.4, -0.2) is 22.5 Å². The van der Waals surface area contributed by atoms with E-state index < -0.39 is 5.97 Å². The van der Waals surface area contributed by atoms with Crippen LogP contribution in [0.25, 0.3) is 16.9 Å². The van der Waals surface area contributed by atoms with Crippen LogP contribution < -0.4 is 0 Å². The quantitative estimate of drug-likeness (QED) is 0.680. The predicted octanol–water partition coefficient (Wildman–Crippen LogP) is 3.58. The molecule has 2 aromatic heterocycles. The average molecular weight is 305 g/mol. The lowest BCUT2D eigenvalue weighted by atomic mass is 10.2. The third kappa shape index (κ3) is 2.36. The Kier molecular flexibility index (Phi) is 3.35. The van der Waals surface area contributed by atoms with Crippen molar-refractivity contribution in [1.82, 2.24) is 9.38 Å². The maximum absolute atomic E-state index is 13.3. The van der Waals surface area contributed by atoms with Crippen LogP contribution in [0.2, 0.25) is 5.15 Å². The maximum Gasteiger partial charge on any atom is 0.337 e. The number of hydrogen-bond donors (Lipinski definition) is 0. The highest BCUT2D eigenvalue weighted by Gasteiger charge is 2.14. The van der Waals surface area contributed by atoms with Crippen molar-refractivity contribution in [1.29, 1.82) is 0 Å². The number of carbonyl (C=O) groups excluding carboxylic acids is 1. The number of rotatable bonds is 2. The van der Waals surface area contributed by atoms with E-state index in [0.29, 0.717) is 22.5 Å². The van der Waals surface area contributed by atoms with Gasteiger partial charge in [-0.15, -0.1) is 0 Å². The molecule has 0 spiro atoms. The van der Waals surface area contributed by atoms with Crippen molar-refractivity contribution in [3.8, 4) is 11.4 Å². The number of pyridine rings is 1. The van der Waals surface area contributed by atoms with Crippen LogP contribution in [0.5, 0.6) is 0 Å². The Labute approximate surface area is 124 Å². The Morgan fingerprint density at radius 1 is 1.33 bits per heavy atom. The van der Waals surface area contributed by atoms with Crippen LogP contribution >= 0.6 is 11.6 Å². The van der Waals surface area contributed by atoms with Gasteiger partial charge in [0.2, 0.25) is 0 Å². The molecule has 0 saturated carbocycles. The largest absolute Gasteiger partial charge is 0.465 e. The molecule has 0 aliphatic rings. The van der Waals surface area contributed by atoms with Crippen LogP contribution in [0.1, 0.15) is 10.4 Å². The van der Waals surface area contributed by atoms with Gasteiger partial charge in [0, 0.05) is 11.8 Å². The van der Waals surface area contributed by atoms with Crippen LogP contribution in [-0.2, 0) is 4.74 Å². The predicted molar refractivity (Wildman–Crippen MR) is 76.9 cm³/mol. The monoisotopic (exact) mass is 304 g/mol. The first-order valence-electron chi connectivity index (χ1n) is 6.12. The number of ether oxygens (including phenoxy) is 1. The van der Waals surface area contributed by atoms with Gasteiger partial charge in [-0.25, -0.2) is 14.2 Å². The fraction of sp³-hybridized carbons (Fsp3) is 0.0667. The van der Waals surface area contributed by atoms with Gasteiger partial charge in [0.05, 0.1) is 18.2 Å². The number of nitrogens with zero attached hydrogens (tertiary/aromatic N) is 2. The fourth-order valence-electron chi connectivity index (χ4n) is 2.12. The number of esters is 1. The molecule has 0 saturated heterocycles. The molecule has 0 aliphatic carbocycles. The summed E-state index contributed by atoms with van der Waals surface area (Å²) >= 11 is 6.11. The molecule has 0 aliphatic heterocycles. The van der Waals surface area contributed by atoms with E-state index >= 15 is 0 Å². The molecule has 3 rings (SSSR count). The summed E-state index contributed by atoms with van der Waals surface area (Å²) in [5, 5.41) is 0.236. The first kappa shape index (κ1) is 13.6. The summed E-state index contributed by atoms with van der Waals surface area (Å²) in [6.45, 7) is 0. The normalized spacial score (nSPS) is 10.8. The van der Waals surface area contributed by atoms with E-state index in [1.165, 1.54) is 19.2 Å². The zero-order chi connectivity index (χ0) is 15.0. The minimum atomic E-state index is -0.456. The second kappa shape index (κ2) is 5.18. The van der Waals surface area contributed by atoms with Crippen molar-refractivity contribution in [3.63, 3.8) is 0 Å². The highest BCUT2D eigenvalue weighted by molar-refractivity contribution is 6.33. The molecule has 0 bridgehead atoms. The summed E-state index contributed by atoms with van der Waals surface area (Å²) in [7, 11) is 1.31. The van der Waals surface area contributed by atoms with Crippen molar-refractivity contribution in [2.45, 2.75) is 0 Å². The van der Waals surface area contributed by atoms with Crippen molar-refractivity contribution in [2.24, 2.45) is 0 Å². The number of fused-ring (bicyclic) bond motifs is 1. The molecule has 21 heavy (non-hydrogen) atoms. The van der Waals surface area contributed by atoms with Gasteiger partial charge < -0.3 is 4.74 Å². The highest BCUT2D eigenvalue weighted by Crippen LogP contribution is 2.27. The van der Waals surface area contributed by atoms with Crippen LogP contribution in [0.3, 0.4) is 0 Å². The number of halogens is 2. The van der Waals surface area contributed by atoms with Gasteiger partial charge in [-0.05, 0) is 24.3 Å². The molecule has 106 valence electrons. The third-order valence-electron chi connectivity index (χ3n) is 3.10. The Morgan fingerprint density at radius 3 is 2.86 bits per heavy atom. The van der Waals surface area contributed by atoms with Crippen molar-refractivity contribution >= 4 is 23.1 Å². The van der Waals surface area contributed by atoms with Crippen molar-refractivity contribution in [2.75, 3.05) is 7.11 Å². The summed E-state index contributed by atoms with van der Waals surface area (Å²) in [5.74, 6) is -0.306. The number of hydrogen-bond acceptors (Lipinski definition) is 3. The smallest absolute Gasteiger partial charge is 0.337 e. The fourth-order valence-corrected chi connectivity index (χ4v) is 2.35. The zero-order valence-electron chi connectivity index (χ0n) is 11.0. The Morgan fingerprint density at radius 2 is 2.14 bits per heavy atom.